The number of hydrogen-bond acceptors (Lipinski definition) is 6. The quantitative estimate of drug-likeness (QED) is 0.663. The van der Waals surface area contributed by atoms with E-state index in [4.69, 9.17) is 9.15 Å². The lowest BCUT2D eigenvalue weighted by Crippen LogP contribution is -2.22. The first-order valence-electron chi connectivity index (χ1n) is 7.87. The van der Waals surface area contributed by atoms with Crippen LogP contribution in [-0.2, 0) is 11.3 Å². The largest absolute Gasteiger partial charge is 0.467 e. The number of esters is 1. The van der Waals surface area contributed by atoms with Gasteiger partial charge in [-0.25, -0.2) is 4.79 Å². The van der Waals surface area contributed by atoms with Crippen molar-refractivity contribution in [2.45, 2.75) is 6.54 Å². The third-order valence-electron chi connectivity index (χ3n) is 3.58. The zero-order valence-electron chi connectivity index (χ0n) is 14.1. The minimum Gasteiger partial charge on any atom is -0.467 e. The standard InChI is InChI=1S/C19H17N3O4/c1-25-19(24)13-4-2-5-15(8-13)22-16-9-14(10-20-11-16)18(23)21-12-17-6-3-7-26-17/h2-11,22H,12H2,1H3,(H,21,23). The van der Waals surface area contributed by atoms with Gasteiger partial charge in [0.2, 0.25) is 0 Å². The highest BCUT2D eigenvalue weighted by atomic mass is 16.5. The maximum atomic E-state index is 12.2. The zero-order chi connectivity index (χ0) is 18.4. The summed E-state index contributed by atoms with van der Waals surface area (Å²) in [6.45, 7) is 0.296. The number of furan rings is 1. The molecule has 0 spiro atoms. The molecule has 2 aromatic heterocycles. The number of methoxy groups -OCH3 is 1. The molecule has 0 bridgehead atoms. The van der Waals surface area contributed by atoms with Crippen molar-refractivity contribution in [3.05, 3.63) is 78.0 Å². The van der Waals surface area contributed by atoms with Crippen LogP contribution in [-0.4, -0.2) is 24.0 Å². The second-order valence-electron chi connectivity index (χ2n) is 5.42. The average Bonchev–Trinajstić information content (AvgIpc) is 3.19. The summed E-state index contributed by atoms with van der Waals surface area (Å²) in [7, 11) is 1.33. The number of hydrogen-bond donors (Lipinski definition) is 2. The summed E-state index contributed by atoms with van der Waals surface area (Å²) in [5.41, 5.74) is 2.14. The molecule has 0 atom stereocenters. The van der Waals surface area contributed by atoms with Gasteiger partial charge >= 0.3 is 5.97 Å². The lowest BCUT2D eigenvalue weighted by molar-refractivity contribution is 0.0600. The van der Waals surface area contributed by atoms with E-state index in [1.54, 1.807) is 54.9 Å². The maximum Gasteiger partial charge on any atom is 0.337 e. The van der Waals surface area contributed by atoms with Gasteiger partial charge in [0.1, 0.15) is 5.76 Å². The third-order valence-corrected chi connectivity index (χ3v) is 3.58. The van der Waals surface area contributed by atoms with Crippen LogP contribution in [0.2, 0.25) is 0 Å². The molecular weight excluding hydrogens is 334 g/mol. The molecule has 0 saturated carbocycles. The third kappa shape index (κ3) is 4.27. The number of rotatable bonds is 6. The molecule has 3 rings (SSSR count). The van der Waals surface area contributed by atoms with Gasteiger partial charge in [0, 0.05) is 11.9 Å². The Morgan fingerprint density at radius 3 is 2.69 bits per heavy atom. The average molecular weight is 351 g/mol. The molecule has 26 heavy (non-hydrogen) atoms. The monoisotopic (exact) mass is 351 g/mol. The van der Waals surface area contributed by atoms with E-state index in [1.807, 2.05) is 0 Å². The molecule has 0 unspecified atom stereocenters. The molecule has 2 N–H and O–H groups in total. The number of nitrogens with zero attached hydrogens (tertiary/aromatic N) is 1. The number of pyridine rings is 1. The van der Waals surface area contributed by atoms with E-state index in [1.165, 1.54) is 13.3 Å². The highest BCUT2D eigenvalue weighted by Crippen LogP contribution is 2.18. The van der Waals surface area contributed by atoms with Gasteiger partial charge in [0.05, 0.1) is 42.9 Å². The minimum absolute atomic E-state index is 0.263. The number of nitrogens with one attached hydrogen (secondary N) is 2. The van der Waals surface area contributed by atoms with Crippen LogP contribution >= 0.6 is 0 Å². The van der Waals surface area contributed by atoms with Gasteiger partial charge in [-0.1, -0.05) is 6.07 Å². The topological polar surface area (TPSA) is 93.5 Å². The summed E-state index contributed by atoms with van der Waals surface area (Å²) < 4.78 is 9.89. The van der Waals surface area contributed by atoms with Crippen LogP contribution in [0.25, 0.3) is 0 Å². The summed E-state index contributed by atoms with van der Waals surface area (Å²) in [5.74, 6) is -0.0149. The van der Waals surface area contributed by atoms with E-state index < -0.39 is 5.97 Å². The van der Waals surface area contributed by atoms with Crippen molar-refractivity contribution in [1.29, 1.82) is 0 Å². The SMILES string of the molecule is COC(=O)c1cccc(Nc2cncc(C(=O)NCc3ccco3)c2)c1. The number of ether oxygens (including phenoxy) is 1. The Morgan fingerprint density at radius 1 is 1.08 bits per heavy atom. The Hall–Kier alpha value is -3.61. The van der Waals surface area contributed by atoms with Crippen molar-refractivity contribution in [3.63, 3.8) is 0 Å². The predicted octanol–water partition coefficient (Wildman–Crippen LogP) is 3.13. The number of benzene rings is 1. The number of amides is 1. The number of aromatic nitrogens is 1. The van der Waals surface area contributed by atoms with Crippen LogP contribution in [0, 0.1) is 0 Å². The van der Waals surface area contributed by atoms with E-state index in [0.717, 1.165) is 0 Å². The number of carbonyl (C=O) groups excluding carboxylic acids is 2. The molecule has 0 saturated heterocycles. The molecule has 0 aliphatic heterocycles. The van der Waals surface area contributed by atoms with Crippen molar-refractivity contribution in [2.75, 3.05) is 12.4 Å². The fourth-order valence-corrected chi connectivity index (χ4v) is 2.32. The lowest BCUT2D eigenvalue weighted by Gasteiger charge is -2.09. The molecule has 0 fully saturated rings. The number of carbonyl (C=O) groups is 2. The smallest absolute Gasteiger partial charge is 0.337 e. The molecule has 132 valence electrons. The molecule has 1 aromatic carbocycles. The Morgan fingerprint density at radius 2 is 1.92 bits per heavy atom. The fourth-order valence-electron chi connectivity index (χ4n) is 2.32. The predicted molar refractivity (Wildman–Crippen MR) is 95.2 cm³/mol. The first-order chi connectivity index (χ1) is 12.7. The fraction of sp³-hybridized carbons (Fsp3) is 0.105. The van der Waals surface area contributed by atoms with Crippen LogP contribution in [0.3, 0.4) is 0 Å². The molecule has 0 radical (unpaired) electrons. The van der Waals surface area contributed by atoms with Gasteiger partial charge in [-0.2, -0.15) is 0 Å². The Kier molecular flexibility index (Phi) is 5.28. The van der Waals surface area contributed by atoms with Gasteiger partial charge in [-0.3, -0.25) is 9.78 Å². The van der Waals surface area contributed by atoms with Crippen LogP contribution < -0.4 is 10.6 Å². The van der Waals surface area contributed by atoms with Crippen LogP contribution in [0.1, 0.15) is 26.5 Å². The van der Waals surface area contributed by atoms with Gasteiger partial charge < -0.3 is 19.8 Å². The summed E-state index contributed by atoms with van der Waals surface area (Å²) >= 11 is 0. The Bertz CT molecular complexity index is 907. The Balaban J connectivity index is 1.69. The molecular formula is C19H17N3O4. The van der Waals surface area contributed by atoms with Crippen molar-refractivity contribution >= 4 is 23.3 Å². The first-order valence-corrected chi connectivity index (χ1v) is 7.87. The maximum absolute atomic E-state index is 12.2. The van der Waals surface area contributed by atoms with Crippen molar-refractivity contribution in [3.8, 4) is 0 Å². The first kappa shape index (κ1) is 17.2. The second kappa shape index (κ2) is 7.98. The highest BCUT2D eigenvalue weighted by Gasteiger charge is 2.09. The molecule has 1 amide bonds. The van der Waals surface area contributed by atoms with Gasteiger partial charge in [0.15, 0.2) is 0 Å². The normalized spacial score (nSPS) is 10.2. The molecule has 7 nitrogen and oxygen atoms in total. The van der Waals surface area contributed by atoms with Crippen LogP contribution in [0.15, 0.2) is 65.5 Å². The van der Waals surface area contributed by atoms with Crippen LogP contribution in [0.5, 0.6) is 0 Å². The molecule has 0 aliphatic rings. The van der Waals surface area contributed by atoms with E-state index in [0.29, 0.717) is 34.8 Å². The summed E-state index contributed by atoms with van der Waals surface area (Å²) in [5, 5.41) is 5.88. The minimum atomic E-state index is -0.419. The molecule has 7 heteroatoms. The summed E-state index contributed by atoms with van der Waals surface area (Å²) in [6, 6.07) is 12.1. The lowest BCUT2D eigenvalue weighted by atomic mass is 10.2. The van der Waals surface area contributed by atoms with E-state index in [2.05, 4.69) is 15.6 Å². The van der Waals surface area contributed by atoms with Gasteiger partial charge in [-0.15, -0.1) is 0 Å². The van der Waals surface area contributed by atoms with E-state index in [9.17, 15) is 9.59 Å². The van der Waals surface area contributed by atoms with E-state index >= 15 is 0 Å². The van der Waals surface area contributed by atoms with Gasteiger partial charge in [0.25, 0.3) is 5.91 Å². The Labute approximate surface area is 150 Å². The van der Waals surface area contributed by atoms with E-state index in [-0.39, 0.29) is 5.91 Å². The molecule has 0 aliphatic carbocycles. The second-order valence-corrected chi connectivity index (χ2v) is 5.42. The molecule has 2 heterocycles. The van der Waals surface area contributed by atoms with Crippen molar-refractivity contribution < 1.29 is 18.7 Å². The highest BCUT2D eigenvalue weighted by molar-refractivity contribution is 5.95. The summed E-state index contributed by atoms with van der Waals surface area (Å²) in [6.07, 6.45) is 4.62. The van der Waals surface area contributed by atoms with Crippen molar-refractivity contribution in [1.82, 2.24) is 10.3 Å². The summed E-state index contributed by atoms with van der Waals surface area (Å²) in [4.78, 5) is 27.9. The zero-order valence-corrected chi connectivity index (χ0v) is 14.1. The van der Waals surface area contributed by atoms with Crippen LogP contribution in [0.4, 0.5) is 11.4 Å². The number of anilines is 2. The van der Waals surface area contributed by atoms with Gasteiger partial charge in [-0.05, 0) is 36.4 Å². The molecule has 3 aromatic rings. The van der Waals surface area contributed by atoms with Crippen molar-refractivity contribution in [2.24, 2.45) is 0 Å².